The zero-order valence-corrected chi connectivity index (χ0v) is 13.1. The first kappa shape index (κ1) is 16.8. The van der Waals surface area contributed by atoms with Crippen molar-refractivity contribution in [2.75, 3.05) is 54.0 Å². The van der Waals surface area contributed by atoms with Crippen LogP contribution in [0.15, 0.2) is 0 Å². The summed E-state index contributed by atoms with van der Waals surface area (Å²) in [6.07, 6.45) is 2.88. The Labute approximate surface area is 117 Å². The highest BCUT2D eigenvalue weighted by molar-refractivity contribution is 7.86. The number of nitrogens with one attached hydrogen (secondary N) is 1. The molecular formula is C12H27N3O3S. The predicted octanol–water partition coefficient (Wildman–Crippen LogP) is 0.131. The summed E-state index contributed by atoms with van der Waals surface area (Å²) in [5.74, 6) is 0.319. The van der Waals surface area contributed by atoms with E-state index >= 15 is 0 Å². The highest BCUT2D eigenvalue weighted by Crippen LogP contribution is 2.16. The van der Waals surface area contributed by atoms with Gasteiger partial charge in [-0.05, 0) is 38.8 Å². The van der Waals surface area contributed by atoms with Crippen molar-refractivity contribution in [3.63, 3.8) is 0 Å². The summed E-state index contributed by atoms with van der Waals surface area (Å²) in [6, 6.07) is 0. The molecular weight excluding hydrogens is 266 g/mol. The van der Waals surface area contributed by atoms with Crippen molar-refractivity contribution in [1.82, 2.24) is 13.9 Å². The fraction of sp³-hybridized carbons (Fsp3) is 1.00. The molecule has 7 heteroatoms. The summed E-state index contributed by atoms with van der Waals surface area (Å²) >= 11 is 0. The van der Waals surface area contributed by atoms with Gasteiger partial charge >= 0.3 is 0 Å². The van der Waals surface area contributed by atoms with E-state index in [-0.39, 0.29) is 0 Å². The fourth-order valence-electron chi connectivity index (χ4n) is 2.24. The Bertz CT molecular complexity index is 342. The van der Waals surface area contributed by atoms with Crippen LogP contribution in [0.2, 0.25) is 0 Å². The van der Waals surface area contributed by atoms with Crippen LogP contribution in [0.4, 0.5) is 0 Å². The normalized spacial score (nSPS) is 21.2. The summed E-state index contributed by atoms with van der Waals surface area (Å²) in [4.78, 5) is 0. The molecule has 1 saturated heterocycles. The summed E-state index contributed by atoms with van der Waals surface area (Å²) < 4.78 is 32.8. The molecule has 1 aliphatic rings. The van der Waals surface area contributed by atoms with E-state index < -0.39 is 10.2 Å². The molecule has 0 aromatic rings. The van der Waals surface area contributed by atoms with Gasteiger partial charge in [-0.3, -0.25) is 0 Å². The van der Waals surface area contributed by atoms with E-state index in [1.807, 2.05) is 7.05 Å². The minimum Gasteiger partial charge on any atom is -0.381 e. The molecule has 114 valence electrons. The summed E-state index contributed by atoms with van der Waals surface area (Å²) in [5, 5.41) is 3.02. The lowest BCUT2D eigenvalue weighted by Gasteiger charge is -2.29. The zero-order valence-electron chi connectivity index (χ0n) is 12.3. The van der Waals surface area contributed by atoms with Gasteiger partial charge < -0.3 is 10.1 Å². The number of rotatable bonds is 8. The Hall–Kier alpha value is -0.210. The third-order valence-corrected chi connectivity index (χ3v) is 5.36. The number of hydrogen-bond acceptors (Lipinski definition) is 4. The average Bonchev–Trinajstić information content (AvgIpc) is 2.40. The summed E-state index contributed by atoms with van der Waals surface area (Å²) in [6.45, 7) is 3.37. The van der Waals surface area contributed by atoms with Gasteiger partial charge in [0.05, 0.1) is 6.61 Å². The molecule has 19 heavy (non-hydrogen) atoms. The van der Waals surface area contributed by atoms with E-state index in [2.05, 4.69) is 5.32 Å². The van der Waals surface area contributed by atoms with Gasteiger partial charge in [-0.2, -0.15) is 17.0 Å². The van der Waals surface area contributed by atoms with Crippen LogP contribution in [0.3, 0.4) is 0 Å². The topological polar surface area (TPSA) is 61.9 Å². The van der Waals surface area contributed by atoms with Crippen LogP contribution in [0, 0.1) is 5.92 Å². The molecule has 1 heterocycles. The van der Waals surface area contributed by atoms with Crippen molar-refractivity contribution in [2.24, 2.45) is 5.92 Å². The van der Waals surface area contributed by atoms with E-state index in [1.54, 1.807) is 14.1 Å². The van der Waals surface area contributed by atoms with E-state index in [9.17, 15) is 8.42 Å². The number of nitrogens with zero attached hydrogens (tertiary/aromatic N) is 2. The molecule has 0 bridgehead atoms. The van der Waals surface area contributed by atoms with Crippen LogP contribution in [-0.2, 0) is 14.9 Å². The molecule has 6 nitrogen and oxygen atoms in total. The zero-order chi connectivity index (χ0) is 14.3. The molecule has 0 spiro atoms. The second-order valence-electron chi connectivity index (χ2n) is 5.15. The monoisotopic (exact) mass is 293 g/mol. The molecule has 0 aromatic heterocycles. The minimum atomic E-state index is -3.34. The molecule has 0 saturated carbocycles. The Kier molecular flexibility index (Phi) is 7.23. The molecule has 0 radical (unpaired) electrons. The average molecular weight is 293 g/mol. The van der Waals surface area contributed by atoms with Crippen molar-refractivity contribution < 1.29 is 13.2 Å². The maximum Gasteiger partial charge on any atom is 0.281 e. The molecule has 1 aliphatic heterocycles. The van der Waals surface area contributed by atoms with Crippen molar-refractivity contribution in [3.8, 4) is 0 Å². The lowest BCUT2D eigenvalue weighted by molar-refractivity contribution is 0.0491. The number of ether oxygens (including phenoxy) is 1. The van der Waals surface area contributed by atoms with Gasteiger partial charge in [-0.15, -0.1) is 0 Å². The van der Waals surface area contributed by atoms with Crippen LogP contribution < -0.4 is 5.32 Å². The smallest absolute Gasteiger partial charge is 0.281 e. The maximum absolute atomic E-state index is 12.3. The lowest BCUT2D eigenvalue weighted by Crippen LogP contribution is -2.43. The van der Waals surface area contributed by atoms with Gasteiger partial charge in [0.1, 0.15) is 0 Å². The largest absolute Gasteiger partial charge is 0.381 e. The van der Waals surface area contributed by atoms with Crippen molar-refractivity contribution in [1.29, 1.82) is 0 Å². The van der Waals surface area contributed by atoms with Crippen LogP contribution in [0.1, 0.15) is 19.3 Å². The van der Waals surface area contributed by atoms with E-state index in [0.29, 0.717) is 25.6 Å². The van der Waals surface area contributed by atoms with Gasteiger partial charge in [0.15, 0.2) is 0 Å². The highest BCUT2D eigenvalue weighted by Gasteiger charge is 2.26. The molecule has 0 aromatic carbocycles. The quantitative estimate of drug-likeness (QED) is 0.646. The van der Waals surface area contributed by atoms with Gasteiger partial charge in [-0.1, -0.05) is 0 Å². The second kappa shape index (κ2) is 8.16. The van der Waals surface area contributed by atoms with Crippen LogP contribution in [-0.4, -0.2) is 71.0 Å². The highest BCUT2D eigenvalue weighted by atomic mass is 32.2. The van der Waals surface area contributed by atoms with Crippen molar-refractivity contribution in [2.45, 2.75) is 19.3 Å². The van der Waals surface area contributed by atoms with Crippen LogP contribution in [0.5, 0.6) is 0 Å². The molecule has 1 N–H and O–H groups in total. The first-order valence-electron chi connectivity index (χ1n) is 6.88. The minimum absolute atomic E-state index is 0.319. The Morgan fingerprint density at radius 1 is 1.32 bits per heavy atom. The Morgan fingerprint density at radius 3 is 2.63 bits per heavy atom. The van der Waals surface area contributed by atoms with E-state index in [4.69, 9.17) is 4.74 Å². The maximum atomic E-state index is 12.3. The molecule has 1 fully saturated rings. The Morgan fingerprint density at radius 2 is 2.05 bits per heavy atom. The van der Waals surface area contributed by atoms with Gasteiger partial charge in [0.2, 0.25) is 0 Å². The predicted molar refractivity (Wildman–Crippen MR) is 76.3 cm³/mol. The molecule has 1 rings (SSSR count). The van der Waals surface area contributed by atoms with E-state index in [0.717, 1.165) is 32.4 Å². The second-order valence-corrected chi connectivity index (χ2v) is 7.29. The molecule has 0 amide bonds. The SMILES string of the molecule is CNCCCN(C)S(=O)(=O)N(C)CC1CCCOC1. The van der Waals surface area contributed by atoms with Crippen LogP contribution in [0.25, 0.3) is 0 Å². The third-order valence-electron chi connectivity index (χ3n) is 3.46. The fourth-order valence-corrected chi connectivity index (χ4v) is 3.48. The lowest BCUT2D eigenvalue weighted by atomic mass is 10.0. The molecule has 1 atom stereocenters. The molecule has 0 aliphatic carbocycles. The van der Waals surface area contributed by atoms with Crippen molar-refractivity contribution >= 4 is 10.2 Å². The first-order valence-corrected chi connectivity index (χ1v) is 8.28. The third kappa shape index (κ3) is 5.35. The van der Waals surface area contributed by atoms with Gasteiger partial charge in [-0.25, -0.2) is 0 Å². The molecule has 1 unspecified atom stereocenters. The van der Waals surface area contributed by atoms with Gasteiger partial charge in [0, 0.05) is 33.8 Å². The summed E-state index contributed by atoms with van der Waals surface area (Å²) in [5.41, 5.74) is 0. The first-order chi connectivity index (χ1) is 8.98. The number of hydrogen-bond donors (Lipinski definition) is 1. The van der Waals surface area contributed by atoms with Crippen LogP contribution >= 0.6 is 0 Å². The van der Waals surface area contributed by atoms with E-state index in [1.165, 1.54) is 8.61 Å². The standard InChI is InChI=1S/C12H27N3O3S/c1-13-7-5-8-14(2)19(16,17)15(3)10-12-6-4-9-18-11-12/h12-13H,4-11H2,1-3H3. The van der Waals surface area contributed by atoms with Gasteiger partial charge in [0.25, 0.3) is 10.2 Å². The Balaban J connectivity index is 2.45. The summed E-state index contributed by atoms with van der Waals surface area (Å²) in [7, 11) is 1.82. The van der Waals surface area contributed by atoms with Crippen molar-refractivity contribution in [3.05, 3.63) is 0 Å².